The van der Waals surface area contributed by atoms with Crippen molar-refractivity contribution in [2.75, 3.05) is 11.9 Å². The van der Waals surface area contributed by atoms with E-state index in [4.69, 9.17) is 0 Å². The van der Waals surface area contributed by atoms with Crippen LogP contribution in [-0.4, -0.2) is 36.8 Å². The number of aryl methyl sites for hydroxylation is 1. The van der Waals surface area contributed by atoms with Gasteiger partial charge in [-0.25, -0.2) is 19.3 Å². The van der Waals surface area contributed by atoms with Crippen molar-refractivity contribution in [3.05, 3.63) is 22.4 Å². The van der Waals surface area contributed by atoms with Gasteiger partial charge >= 0.3 is 5.69 Å². The Morgan fingerprint density at radius 3 is 3.19 bits per heavy atom. The number of aliphatic hydroxyl groups is 1. The van der Waals surface area contributed by atoms with Crippen LogP contribution in [0.5, 0.6) is 0 Å². The topological polar surface area (TPSA) is 95.3 Å². The van der Waals surface area contributed by atoms with Crippen molar-refractivity contribution in [1.29, 1.82) is 0 Å². The molecule has 2 aromatic heterocycles. The second-order valence-corrected chi connectivity index (χ2v) is 6.19. The van der Waals surface area contributed by atoms with Crippen LogP contribution in [0.3, 0.4) is 0 Å². The lowest BCUT2D eigenvalue weighted by Crippen LogP contribution is -2.41. The standard InChI is InChI=1S/C14H21N5O2/c1-9-4-3-5-14(21,7-9)8-15-11-6-12-17-18-13(20)19(12)10(2)16-11/h6,9,15,21H,3-5,7-8H2,1-2H3,(H,18,20). The smallest absolute Gasteiger partial charge is 0.349 e. The van der Waals surface area contributed by atoms with Crippen LogP contribution in [0.25, 0.3) is 5.65 Å². The molecule has 1 fully saturated rings. The van der Waals surface area contributed by atoms with Crippen molar-refractivity contribution in [3.8, 4) is 0 Å². The molecule has 2 atom stereocenters. The van der Waals surface area contributed by atoms with E-state index in [1.165, 1.54) is 10.8 Å². The maximum absolute atomic E-state index is 11.5. The molecule has 0 spiro atoms. The van der Waals surface area contributed by atoms with Gasteiger partial charge < -0.3 is 10.4 Å². The molecule has 1 aliphatic rings. The minimum Gasteiger partial charge on any atom is -0.388 e. The van der Waals surface area contributed by atoms with Crippen LogP contribution >= 0.6 is 0 Å². The second-order valence-electron chi connectivity index (χ2n) is 6.19. The molecule has 3 rings (SSSR count). The van der Waals surface area contributed by atoms with Gasteiger partial charge in [-0.15, -0.1) is 0 Å². The summed E-state index contributed by atoms with van der Waals surface area (Å²) in [7, 11) is 0. The van der Waals surface area contributed by atoms with Crippen LogP contribution < -0.4 is 11.0 Å². The highest BCUT2D eigenvalue weighted by Crippen LogP contribution is 2.32. The molecule has 0 bridgehead atoms. The lowest BCUT2D eigenvalue weighted by molar-refractivity contribution is -0.000831. The van der Waals surface area contributed by atoms with Gasteiger partial charge in [-0.1, -0.05) is 19.8 Å². The number of nitrogens with zero attached hydrogens (tertiary/aromatic N) is 3. The summed E-state index contributed by atoms with van der Waals surface area (Å²) in [5.41, 5.74) is -0.440. The monoisotopic (exact) mass is 291 g/mol. The zero-order valence-electron chi connectivity index (χ0n) is 12.4. The van der Waals surface area contributed by atoms with Crippen molar-refractivity contribution in [1.82, 2.24) is 19.6 Å². The van der Waals surface area contributed by atoms with Crippen LogP contribution in [0.15, 0.2) is 10.9 Å². The number of fused-ring (bicyclic) bond motifs is 1. The van der Waals surface area contributed by atoms with Gasteiger partial charge in [0.1, 0.15) is 11.6 Å². The number of H-pyrrole nitrogens is 1. The third kappa shape index (κ3) is 2.78. The summed E-state index contributed by atoms with van der Waals surface area (Å²) < 4.78 is 1.42. The molecule has 1 aliphatic carbocycles. The molecule has 2 unspecified atom stereocenters. The quantitative estimate of drug-likeness (QED) is 0.786. The molecular weight excluding hydrogens is 270 g/mol. The van der Waals surface area contributed by atoms with Gasteiger partial charge in [0.05, 0.1) is 5.60 Å². The number of nitrogens with one attached hydrogen (secondary N) is 2. The maximum Gasteiger partial charge on any atom is 0.349 e. The van der Waals surface area contributed by atoms with Gasteiger partial charge in [-0.2, -0.15) is 5.10 Å². The minimum absolute atomic E-state index is 0.290. The van der Waals surface area contributed by atoms with Crippen molar-refractivity contribution in [2.24, 2.45) is 5.92 Å². The molecule has 114 valence electrons. The Hall–Kier alpha value is -1.89. The summed E-state index contributed by atoms with van der Waals surface area (Å²) in [5.74, 6) is 1.75. The van der Waals surface area contributed by atoms with E-state index in [1.807, 2.05) is 0 Å². The van der Waals surface area contributed by atoms with Crippen LogP contribution in [-0.2, 0) is 0 Å². The summed E-state index contributed by atoms with van der Waals surface area (Å²) in [6.07, 6.45) is 3.86. The predicted octanol–water partition coefficient (Wildman–Crippen LogP) is 1.08. The highest BCUT2D eigenvalue weighted by atomic mass is 16.3. The second kappa shape index (κ2) is 5.14. The number of rotatable bonds is 3. The fourth-order valence-corrected chi connectivity index (χ4v) is 3.24. The van der Waals surface area contributed by atoms with E-state index in [9.17, 15) is 9.90 Å². The Labute approximate surface area is 122 Å². The molecule has 3 N–H and O–H groups in total. The van der Waals surface area contributed by atoms with Gasteiger partial charge in [0.15, 0.2) is 5.65 Å². The van der Waals surface area contributed by atoms with E-state index in [1.54, 1.807) is 13.0 Å². The zero-order chi connectivity index (χ0) is 15.0. The summed E-state index contributed by atoms with van der Waals surface area (Å²) >= 11 is 0. The molecule has 2 aromatic rings. The van der Waals surface area contributed by atoms with Crippen molar-refractivity contribution >= 4 is 11.5 Å². The Balaban J connectivity index is 1.77. The fourth-order valence-electron chi connectivity index (χ4n) is 3.24. The number of hydrogen-bond acceptors (Lipinski definition) is 5. The molecule has 21 heavy (non-hydrogen) atoms. The largest absolute Gasteiger partial charge is 0.388 e. The first-order valence-corrected chi connectivity index (χ1v) is 7.38. The summed E-state index contributed by atoms with van der Waals surface area (Å²) in [6.45, 7) is 4.40. The molecule has 0 radical (unpaired) electrons. The van der Waals surface area contributed by atoms with E-state index < -0.39 is 5.60 Å². The van der Waals surface area contributed by atoms with E-state index in [-0.39, 0.29) is 5.69 Å². The summed E-state index contributed by atoms with van der Waals surface area (Å²) in [5, 5.41) is 20.2. The van der Waals surface area contributed by atoms with E-state index >= 15 is 0 Å². The molecule has 0 amide bonds. The number of aromatic nitrogens is 4. The van der Waals surface area contributed by atoms with Crippen LogP contribution in [0, 0.1) is 12.8 Å². The SMILES string of the molecule is Cc1nc(NCC2(O)CCCC(C)C2)cc2n[nH]c(=O)n12. The molecule has 0 saturated heterocycles. The van der Waals surface area contributed by atoms with E-state index in [0.29, 0.717) is 29.8 Å². The third-order valence-corrected chi connectivity index (χ3v) is 4.24. The number of aromatic amines is 1. The van der Waals surface area contributed by atoms with Gasteiger partial charge in [0, 0.05) is 12.6 Å². The maximum atomic E-state index is 11.5. The first kappa shape index (κ1) is 14.1. The molecule has 7 heteroatoms. The average Bonchev–Trinajstić information content (AvgIpc) is 2.78. The molecule has 7 nitrogen and oxygen atoms in total. The third-order valence-electron chi connectivity index (χ3n) is 4.24. The van der Waals surface area contributed by atoms with Gasteiger partial charge in [-0.05, 0) is 25.7 Å². The predicted molar refractivity (Wildman–Crippen MR) is 79.4 cm³/mol. The van der Waals surface area contributed by atoms with Crippen molar-refractivity contribution in [3.63, 3.8) is 0 Å². The average molecular weight is 291 g/mol. The molecule has 0 aromatic carbocycles. The lowest BCUT2D eigenvalue weighted by atomic mass is 9.79. The Morgan fingerprint density at radius 1 is 1.62 bits per heavy atom. The summed E-state index contributed by atoms with van der Waals surface area (Å²) in [4.78, 5) is 15.9. The van der Waals surface area contributed by atoms with Crippen LogP contribution in [0.4, 0.5) is 5.82 Å². The van der Waals surface area contributed by atoms with Crippen molar-refractivity contribution in [2.45, 2.75) is 45.1 Å². The first-order valence-electron chi connectivity index (χ1n) is 7.38. The van der Waals surface area contributed by atoms with Crippen LogP contribution in [0.1, 0.15) is 38.4 Å². The molecule has 0 aliphatic heterocycles. The Kier molecular flexibility index (Phi) is 3.44. The van der Waals surface area contributed by atoms with Gasteiger partial charge in [-0.3, -0.25) is 0 Å². The highest BCUT2D eigenvalue weighted by molar-refractivity contribution is 5.49. The lowest BCUT2D eigenvalue weighted by Gasteiger charge is -2.35. The molecule has 2 heterocycles. The molecular formula is C14H21N5O2. The van der Waals surface area contributed by atoms with Crippen molar-refractivity contribution < 1.29 is 5.11 Å². The van der Waals surface area contributed by atoms with Crippen LogP contribution in [0.2, 0.25) is 0 Å². The first-order chi connectivity index (χ1) is 9.97. The summed E-state index contributed by atoms with van der Waals surface area (Å²) in [6, 6.07) is 1.71. The normalized spacial score (nSPS) is 26.1. The highest BCUT2D eigenvalue weighted by Gasteiger charge is 2.32. The van der Waals surface area contributed by atoms with E-state index in [2.05, 4.69) is 27.4 Å². The van der Waals surface area contributed by atoms with Gasteiger partial charge in [0.25, 0.3) is 0 Å². The van der Waals surface area contributed by atoms with Gasteiger partial charge in [0.2, 0.25) is 0 Å². The number of anilines is 1. The Morgan fingerprint density at radius 2 is 2.43 bits per heavy atom. The van der Waals surface area contributed by atoms with E-state index in [0.717, 1.165) is 19.3 Å². The zero-order valence-corrected chi connectivity index (χ0v) is 12.4. The minimum atomic E-state index is -0.676. The Bertz CT molecular complexity index is 707. The molecule has 1 saturated carbocycles. The fraction of sp³-hybridized carbons (Fsp3) is 0.643. The number of hydrogen-bond donors (Lipinski definition) is 3.